The highest BCUT2D eigenvalue weighted by Crippen LogP contribution is 2.17. The van der Waals surface area contributed by atoms with E-state index in [2.05, 4.69) is 4.72 Å². The van der Waals surface area contributed by atoms with Gasteiger partial charge in [0.1, 0.15) is 0 Å². The molecule has 120 valence electrons. The van der Waals surface area contributed by atoms with Crippen LogP contribution in [-0.4, -0.2) is 19.5 Å². The van der Waals surface area contributed by atoms with Gasteiger partial charge in [0, 0.05) is 11.8 Å². The van der Waals surface area contributed by atoms with Gasteiger partial charge in [-0.15, -0.1) is 0 Å². The smallest absolute Gasteiger partial charge is 0.267 e. The van der Waals surface area contributed by atoms with E-state index in [1.54, 1.807) is 48.5 Å². The highest BCUT2D eigenvalue weighted by molar-refractivity contribution is 7.92. The van der Waals surface area contributed by atoms with E-state index in [9.17, 15) is 13.2 Å². The zero-order valence-electron chi connectivity index (χ0n) is 12.4. The standard InChI is InChI=1S/C16H16N2O4S/c1-12-2-9-15(10-3-12)23(21,22)18-14-7-4-13(5-8-14)6-11-16(19)17-20/h2-11,18,20H,1H3,(H,17,19). The van der Waals surface area contributed by atoms with E-state index >= 15 is 0 Å². The van der Waals surface area contributed by atoms with E-state index in [1.807, 2.05) is 6.92 Å². The molecule has 0 bridgehead atoms. The van der Waals surface area contributed by atoms with Crippen molar-refractivity contribution in [1.82, 2.24) is 5.48 Å². The monoisotopic (exact) mass is 332 g/mol. The van der Waals surface area contributed by atoms with Crippen LogP contribution in [0.25, 0.3) is 6.08 Å². The van der Waals surface area contributed by atoms with Gasteiger partial charge in [0.05, 0.1) is 4.90 Å². The lowest BCUT2D eigenvalue weighted by Gasteiger charge is -2.08. The molecule has 6 nitrogen and oxygen atoms in total. The first-order valence-corrected chi connectivity index (χ1v) is 8.21. The second-order valence-electron chi connectivity index (χ2n) is 4.85. The third-order valence-corrected chi connectivity index (χ3v) is 4.43. The normalized spacial score (nSPS) is 11.4. The second kappa shape index (κ2) is 7.08. The molecule has 0 unspecified atom stereocenters. The number of nitrogens with one attached hydrogen (secondary N) is 2. The highest BCUT2D eigenvalue weighted by Gasteiger charge is 2.13. The van der Waals surface area contributed by atoms with Gasteiger partial charge in [-0.05, 0) is 42.8 Å². The molecule has 0 aliphatic carbocycles. The summed E-state index contributed by atoms with van der Waals surface area (Å²) in [6.45, 7) is 1.88. The molecule has 1 amide bonds. The van der Waals surface area contributed by atoms with Crippen molar-refractivity contribution in [1.29, 1.82) is 0 Å². The summed E-state index contributed by atoms with van der Waals surface area (Å²) >= 11 is 0. The zero-order valence-corrected chi connectivity index (χ0v) is 13.2. The van der Waals surface area contributed by atoms with Gasteiger partial charge >= 0.3 is 0 Å². The SMILES string of the molecule is Cc1ccc(S(=O)(=O)Nc2ccc(C=CC(=O)NO)cc2)cc1. The lowest BCUT2D eigenvalue weighted by Crippen LogP contribution is -2.14. The van der Waals surface area contributed by atoms with Crippen LogP contribution < -0.4 is 10.2 Å². The van der Waals surface area contributed by atoms with E-state index in [4.69, 9.17) is 5.21 Å². The Kier molecular flexibility index (Phi) is 5.15. The largest absolute Gasteiger partial charge is 0.288 e. The van der Waals surface area contributed by atoms with Gasteiger partial charge in [-0.3, -0.25) is 14.7 Å². The average Bonchev–Trinajstić information content (AvgIpc) is 2.54. The van der Waals surface area contributed by atoms with Crippen LogP contribution in [0.4, 0.5) is 5.69 Å². The highest BCUT2D eigenvalue weighted by atomic mass is 32.2. The quantitative estimate of drug-likeness (QED) is 0.445. The Balaban J connectivity index is 2.12. The molecule has 3 N–H and O–H groups in total. The molecule has 0 saturated carbocycles. The minimum atomic E-state index is -3.64. The van der Waals surface area contributed by atoms with Crippen molar-refractivity contribution in [3.05, 3.63) is 65.7 Å². The molecule has 0 fully saturated rings. The van der Waals surface area contributed by atoms with Crippen molar-refractivity contribution < 1.29 is 18.4 Å². The van der Waals surface area contributed by atoms with Crippen LogP contribution in [0.5, 0.6) is 0 Å². The lowest BCUT2D eigenvalue weighted by molar-refractivity contribution is -0.124. The Hall–Kier alpha value is -2.64. The maximum absolute atomic E-state index is 12.2. The summed E-state index contributed by atoms with van der Waals surface area (Å²) in [4.78, 5) is 11.1. The Labute approximate surface area is 134 Å². The summed E-state index contributed by atoms with van der Waals surface area (Å²) in [5.41, 5.74) is 3.56. The maximum Gasteiger partial charge on any atom is 0.267 e. The van der Waals surface area contributed by atoms with E-state index in [0.717, 1.165) is 11.6 Å². The third kappa shape index (κ3) is 4.67. The van der Waals surface area contributed by atoms with Crippen molar-refractivity contribution in [3.63, 3.8) is 0 Å². The summed E-state index contributed by atoms with van der Waals surface area (Å²) in [7, 11) is -3.64. The number of hydrogen-bond donors (Lipinski definition) is 3. The van der Waals surface area contributed by atoms with E-state index in [0.29, 0.717) is 11.3 Å². The van der Waals surface area contributed by atoms with Gasteiger partial charge < -0.3 is 0 Å². The summed E-state index contributed by atoms with van der Waals surface area (Å²) < 4.78 is 27.0. The summed E-state index contributed by atoms with van der Waals surface area (Å²) in [6.07, 6.45) is 2.65. The number of benzene rings is 2. The van der Waals surface area contributed by atoms with Crippen molar-refractivity contribution >= 4 is 27.7 Å². The zero-order chi connectivity index (χ0) is 16.9. The Morgan fingerprint density at radius 1 is 1.04 bits per heavy atom. The van der Waals surface area contributed by atoms with Crippen LogP contribution in [0.3, 0.4) is 0 Å². The van der Waals surface area contributed by atoms with E-state index < -0.39 is 15.9 Å². The number of hydrogen-bond acceptors (Lipinski definition) is 4. The predicted octanol–water partition coefficient (Wildman–Crippen LogP) is 2.31. The molecule has 7 heteroatoms. The minimum Gasteiger partial charge on any atom is -0.288 e. The lowest BCUT2D eigenvalue weighted by atomic mass is 10.2. The number of hydroxylamine groups is 1. The van der Waals surface area contributed by atoms with Crippen LogP contribution in [0.2, 0.25) is 0 Å². The van der Waals surface area contributed by atoms with Crippen molar-refractivity contribution in [2.45, 2.75) is 11.8 Å². The fourth-order valence-corrected chi connectivity index (χ4v) is 2.86. The topological polar surface area (TPSA) is 95.5 Å². The van der Waals surface area contributed by atoms with Crippen LogP contribution in [0, 0.1) is 6.92 Å². The molecule has 2 rings (SSSR count). The third-order valence-electron chi connectivity index (χ3n) is 3.03. The molecule has 0 radical (unpaired) electrons. The molecular weight excluding hydrogens is 316 g/mol. The summed E-state index contributed by atoms with van der Waals surface area (Å²) in [5.74, 6) is -0.644. The minimum absolute atomic E-state index is 0.187. The molecule has 0 aromatic heterocycles. The van der Waals surface area contributed by atoms with Crippen LogP contribution in [0.15, 0.2) is 59.5 Å². The molecular formula is C16H16N2O4S. The van der Waals surface area contributed by atoms with Gasteiger partial charge in [0.2, 0.25) is 0 Å². The van der Waals surface area contributed by atoms with Crippen LogP contribution >= 0.6 is 0 Å². The molecule has 0 spiro atoms. The fourth-order valence-electron chi connectivity index (χ4n) is 1.80. The van der Waals surface area contributed by atoms with Crippen LogP contribution in [0.1, 0.15) is 11.1 Å². The van der Waals surface area contributed by atoms with Gasteiger partial charge in [0.25, 0.3) is 15.9 Å². The second-order valence-corrected chi connectivity index (χ2v) is 6.53. The number of sulfonamides is 1. The first kappa shape index (κ1) is 16.7. The van der Waals surface area contributed by atoms with Crippen molar-refractivity contribution in [2.75, 3.05) is 4.72 Å². The number of amides is 1. The molecule has 0 atom stereocenters. The average molecular weight is 332 g/mol. The Morgan fingerprint density at radius 3 is 2.22 bits per heavy atom. The number of carbonyl (C=O) groups is 1. The molecule has 2 aromatic carbocycles. The summed E-state index contributed by atoms with van der Waals surface area (Å²) in [6, 6.07) is 13.0. The first-order chi connectivity index (χ1) is 10.9. The number of rotatable bonds is 5. The predicted molar refractivity (Wildman–Crippen MR) is 87.4 cm³/mol. The van der Waals surface area contributed by atoms with Gasteiger partial charge in [-0.1, -0.05) is 29.8 Å². The number of aryl methyl sites for hydroxylation is 1. The molecule has 0 heterocycles. The Morgan fingerprint density at radius 2 is 1.65 bits per heavy atom. The number of carbonyl (C=O) groups excluding carboxylic acids is 1. The van der Waals surface area contributed by atoms with Gasteiger partial charge in [0.15, 0.2) is 0 Å². The molecule has 23 heavy (non-hydrogen) atoms. The van der Waals surface area contributed by atoms with Crippen molar-refractivity contribution in [2.24, 2.45) is 0 Å². The Bertz CT molecular complexity index is 810. The molecule has 0 aliphatic rings. The summed E-state index contributed by atoms with van der Waals surface area (Å²) in [5, 5.41) is 8.38. The van der Waals surface area contributed by atoms with Crippen LogP contribution in [-0.2, 0) is 14.8 Å². The molecule has 0 saturated heterocycles. The van der Waals surface area contributed by atoms with E-state index in [1.165, 1.54) is 11.6 Å². The number of anilines is 1. The van der Waals surface area contributed by atoms with Gasteiger partial charge in [-0.2, -0.15) is 0 Å². The van der Waals surface area contributed by atoms with Crippen molar-refractivity contribution in [3.8, 4) is 0 Å². The molecule has 2 aromatic rings. The van der Waals surface area contributed by atoms with Gasteiger partial charge in [-0.25, -0.2) is 13.9 Å². The van der Waals surface area contributed by atoms with E-state index in [-0.39, 0.29) is 4.90 Å². The first-order valence-electron chi connectivity index (χ1n) is 6.72. The maximum atomic E-state index is 12.2. The fraction of sp³-hybridized carbons (Fsp3) is 0.0625. The molecule has 0 aliphatic heterocycles.